The van der Waals surface area contributed by atoms with Crippen molar-refractivity contribution in [1.82, 2.24) is 0 Å². The molecule has 0 aromatic carbocycles. The Labute approximate surface area is 585 Å². The summed E-state index contributed by atoms with van der Waals surface area (Å²) in [4.78, 5) is 27.1. The maximum absolute atomic E-state index is 14.8. The van der Waals surface area contributed by atoms with Gasteiger partial charge in [0.25, 0.3) is 0 Å². The summed E-state index contributed by atoms with van der Waals surface area (Å²) in [5, 5.41) is 167. The minimum Gasteiger partial charge on any atom is -0.462 e. The molecule has 15 N–H and O–H groups in total. The molecule has 1 spiro atoms. The van der Waals surface area contributed by atoms with E-state index >= 15 is 0 Å². The number of esters is 2. The van der Waals surface area contributed by atoms with Crippen LogP contribution in [0.5, 0.6) is 0 Å². The number of hydrogen-bond donors (Lipinski definition) is 15. The molecule has 7 saturated heterocycles. The fourth-order valence-corrected chi connectivity index (χ4v) is 19.4. The van der Waals surface area contributed by atoms with Gasteiger partial charge in [-0.1, -0.05) is 44.9 Å². The average molecular weight is 1450 g/mol. The number of ether oxygens (including phenoxy) is 16. The zero-order valence-electron chi connectivity index (χ0n) is 58.5. The van der Waals surface area contributed by atoms with Crippen LogP contribution in [0.15, 0.2) is 23.8 Å². The second-order valence-corrected chi connectivity index (χ2v) is 31.0. The van der Waals surface area contributed by atoms with Gasteiger partial charge in [0.2, 0.25) is 0 Å². The quantitative estimate of drug-likeness (QED) is 0.0343. The SMILES string of the molecule is C=C(C)C[C@@H](C[C@]1(C)OC(=O)[C@]23CC[C@@H]4C(=CC[C@H]5C(C)(C)[C@@H](O[C@@H]6OC[C@@H](O[C@@H]7O[C@H](CO)[C@@H](O)[C@H](O[C@@H]8O[C@H](CO)[C@@H](O)[C@H](OC)[C@H]8O)[C@H]7O)[C@H](O)[C@H]6O[C@@H]6OC[C@@H](O[C@@H]7O[C@H](CO)[C@@H](O)[C@H](O[C@@H]8O[C@H](CO)[C@@H](O)[C@H](OC)[C@H]8O)[C@H]7O)[C@H](O)[C@H]6O)CC[C@]45C)[C@]2(C)CC[C@@H]31)OC(C)=O. The molecule has 0 aromatic rings. The first kappa shape index (κ1) is 79.3. The Kier molecular flexibility index (Phi) is 24.4. The number of allylic oxidation sites excluding steroid dienone is 2. The second kappa shape index (κ2) is 31.1. The molecule has 33 nitrogen and oxygen atoms in total. The molecule has 0 aromatic heterocycles. The lowest BCUT2D eigenvalue weighted by atomic mass is 9.41. The molecule has 578 valence electrons. The predicted octanol–water partition coefficient (Wildman–Crippen LogP) is -3.93. The van der Waals surface area contributed by atoms with E-state index in [2.05, 4.69) is 40.3 Å². The highest BCUT2D eigenvalue weighted by atomic mass is 16.8. The van der Waals surface area contributed by atoms with E-state index in [0.29, 0.717) is 44.9 Å². The highest BCUT2D eigenvalue weighted by Gasteiger charge is 2.77. The summed E-state index contributed by atoms with van der Waals surface area (Å²) in [6.45, 7) is 13.6. The van der Waals surface area contributed by atoms with E-state index in [1.807, 2.05) is 13.8 Å². The van der Waals surface area contributed by atoms with E-state index in [-0.39, 0.29) is 29.1 Å². The lowest BCUT2D eigenvalue weighted by Crippen LogP contribution is -2.67. The second-order valence-electron chi connectivity index (χ2n) is 31.0. The number of carbonyl (C=O) groups excluding carboxylic acids is 2. The van der Waals surface area contributed by atoms with E-state index in [4.69, 9.17) is 75.8 Å². The van der Waals surface area contributed by atoms with Crippen LogP contribution in [0.4, 0.5) is 0 Å². The molecule has 0 unspecified atom stereocenters. The van der Waals surface area contributed by atoms with Gasteiger partial charge < -0.3 is 152 Å². The fraction of sp³-hybridized carbons (Fsp3) is 0.912. The smallest absolute Gasteiger partial charge is 0.313 e. The molecule has 101 heavy (non-hydrogen) atoms. The van der Waals surface area contributed by atoms with Crippen molar-refractivity contribution in [1.29, 1.82) is 0 Å². The summed E-state index contributed by atoms with van der Waals surface area (Å²) in [5.41, 5.74) is -1.12. The molecule has 7 aliphatic heterocycles. The van der Waals surface area contributed by atoms with Gasteiger partial charge in [0, 0.05) is 45.3 Å². The van der Waals surface area contributed by atoms with Gasteiger partial charge in [0.15, 0.2) is 37.7 Å². The number of carbonyl (C=O) groups is 2. The fourth-order valence-electron chi connectivity index (χ4n) is 19.4. The van der Waals surface area contributed by atoms with Gasteiger partial charge in [-0.25, -0.2) is 0 Å². The van der Waals surface area contributed by atoms with E-state index in [1.165, 1.54) is 26.7 Å². The van der Waals surface area contributed by atoms with E-state index in [9.17, 15) is 86.2 Å². The van der Waals surface area contributed by atoms with Gasteiger partial charge in [-0.15, -0.1) is 6.58 Å². The molecule has 37 atom stereocenters. The van der Waals surface area contributed by atoms with Gasteiger partial charge in [0.1, 0.15) is 146 Å². The maximum Gasteiger partial charge on any atom is 0.313 e. The van der Waals surface area contributed by atoms with Crippen molar-refractivity contribution < 1.29 is 162 Å². The molecule has 0 bridgehead atoms. The number of methoxy groups -OCH3 is 2. The number of aliphatic hydroxyl groups excluding tert-OH is 15. The van der Waals surface area contributed by atoms with Crippen molar-refractivity contribution >= 4 is 11.9 Å². The Hall–Kier alpha value is -2.74. The summed E-state index contributed by atoms with van der Waals surface area (Å²) >= 11 is 0. The summed E-state index contributed by atoms with van der Waals surface area (Å²) in [7, 11) is 2.36. The third-order valence-corrected chi connectivity index (χ3v) is 24.6. The van der Waals surface area contributed by atoms with Gasteiger partial charge in [-0.05, 0) is 81.5 Å². The van der Waals surface area contributed by atoms with Crippen LogP contribution in [-0.2, 0) is 85.4 Å². The average Bonchev–Trinajstić information content (AvgIpc) is 1.53. The van der Waals surface area contributed by atoms with Crippen LogP contribution in [0.25, 0.3) is 0 Å². The normalized spacial score (nSPS) is 50.8. The maximum atomic E-state index is 14.8. The largest absolute Gasteiger partial charge is 0.462 e. The Morgan fingerprint density at radius 2 is 1.00 bits per heavy atom. The molecule has 0 amide bonds. The van der Waals surface area contributed by atoms with E-state index < -0.39 is 252 Å². The first-order chi connectivity index (χ1) is 47.7. The zero-order valence-corrected chi connectivity index (χ0v) is 58.5. The Morgan fingerprint density at radius 3 is 1.49 bits per heavy atom. The van der Waals surface area contributed by atoms with Crippen LogP contribution in [0.3, 0.4) is 0 Å². The van der Waals surface area contributed by atoms with Crippen molar-refractivity contribution in [3.63, 3.8) is 0 Å². The van der Waals surface area contributed by atoms with Crippen molar-refractivity contribution in [3.05, 3.63) is 23.8 Å². The Balaban J connectivity index is 0.827. The van der Waals surface area contributed by atoms with Crippen LogP contribution in [0, 0.1) is 39.4 Å². The molecular formula is C68H108O33. The highest BCUT2D eigenvalue weighted by molar-refractivity contribution is 5.83. The number of cyclic esters (lactones) is 1. The zero-order chi connectivity index (χ0) is 73.5. The summed E-state index contributed by atoms with van der Waals surface area (Å²) in [5.74, 6) is -0.743. The number of rotatable bonds is 23. The molecule has 4 aliphatic carbocycles. The van der Waals surface area contributed by atoms with E-state index in [0.717, 1.165) is 18.4 Å². The van der Waals surface area contributed by atoms with Gasteiger partial charge >= 0.3 is 11.9 Å². The molecule has 33 heteroatoms. The van der Waals surface area contributed by atoms with Crippen LogP contribution in [0.1, 0.15) is 106 Å². The topological polar surface area (TPSA) is 485 Å². The molecule has 11 rings (SSSR count). The van der Waals surface area contributed by atoms with Crippen molar-refractivity contribution in [3.8, 4) is 0 Å². The number of fused-ring (bicyclic) bond motifs is 4. The molecule has 10 fully saturated rings. The van der Waals surface area contributed by atoms with Crippen molar-refractivity contribution in [2.24, 2.45) is 39.4 Å². The number of aliphatic hydroxyl groups is 15. The summed E-state index contributed by atoms with van der Waals surface area (Å²) < 4.78 is 95.6. The number of hydrogen-bond acceptors (Lipinski definition) is 33. The van der Waals surface area contributed by atoms with E-state index in [1.54, 1.807) is 0 Å². The van der Waals surface area contributed by atoms with Gasteiger partial charge in [-0.2, -0.15) is 0 Å². The first-order valence-electron chi connectivity index (χ1n) is 35.2. The lowest BCUT2D eigenvalue weighted by Gasteiger charge is -2.64. The molecule has 7 heterocycles. The Bertz CT molecular complexity index is 2860. The Morgan fingerprint density at radius 1 is 0.535 bits per heavy atom. The minimum atomic E-state index is -2.07. The third kappa shape index (κ3) is 14.2. The molecule has 3 saturated carbocycles. The van der Waals surface area contributed by atoms with Crippen molar-refractivity contribution in [2.45, 2.75) is 296 Å². The van der Waals surface area contributed by atoms with Crippen molar-refractivity contribution in [2.75, 3.05) is 53.9 Å². The van der Waals surface area contributed by atoms with Crippen LogP contribution in [-0.4, -0.2) is 332 Å². The van der Waals surface area contributed by atoms with Gasteiger partial charge in [-0.3, -0.25) is 9.59 Å². The highest BCUT2D eigenvalue weighted by Crippen LogP contribution is 2.76. The summed E-state index contributed by atoms with van der Waals surface area (Å²) in [6.07, 6.45) is -41.2. The standard InChI is InChI=1S/C68H108O33/c1-27(2)19-29(90-28(3)73)20-67(8)39-14-17-66(7)31-11-12-38-64(4,5)40(15-16-65(38,6)30(31)13-18-68(39,66)63(85)101-67)97-62-56(46(79)37(26-89-62)96-59-51(84)55(45(78)35(24-72)92-59)99-61-49(82)53(87-10)43(76)33(22-70)94-61)100-57-47(80)41(74)36(25-88-57)95-58-50(83)54(44(77)34(23-71)91-58)98-60-48(81)52(86-9)42(75)32(21-69)93-60/h11,29-30,32-62,69-72,74-84H,1,12-26H2,2-10H3/t29-,30+,32+,33+,34+,35+,36+,37+,38-,39+,40-,41-,42+,43+,44+,45+,46-,47+,48+,49+,50+,51+,52-,53-,54-,55-,56+,57-,58-,59-,60-,61-,62-,65+,66-,67-,68+/m0/s1. The van der Waals surface area contributed by atoms with Crippen LogP contribution < -0.4 is 0 Å². The minimum absolute atomic E-state index is 0.0355. The molecule has 11 aliphatic rings. The third-order valence-electron chi connectivity index (χ3n) is 24.6. The van der Waals surface area contributed by atoms with Crippen LogP contribution >= 0.6 is 0 Å². The van der Waals surface area contributed by atoms with Gasteiger partial charge in [0.05, 0.1) is 51.2 Å². The predicted molar refractivity (Wildman–Crippen MR) is 337 cm³/mol. The molecular weight excluding hydrogens is 1340 g/mol. The summed E-state index contributed by atoms with van der Waals surface area (Å²) in [6, 6.07) is 0. The molecule has 0 radical (unpaired) electrons. The lowest BCUT2D eigenvalue weighted by molar-refractivity contribution is -0.392. The first-order valence-corrected chi connectivity index (χ1v) is 35.2. The van der Waals surface area contributed by atoms with Crippen LogP contribution in [0.2, 0.25) is 0 Å². The monoisotopic (exact) mass is 1450 g/mol.